The summed E-state index contributed by atoms with van der Waals surface area (Å²) in [4.78, 5) is 26.3. The molecule has 0 atom stereocenters. The van der Waals surface area contributed by atoms with Gasteiger partial charge in [0, 0.05) is 18.0 Å². The Hall–Kier alpha value is -4.46. The molecule has 0 amide bonds. The lowest BCUT2D eigenvalue weighted by Gasteiger charge is -2.20. The van der Waals surface area contributed by atoms with E-state index in [4.69, 9.17) is 0 Å². The summed E-state index contributed by atoms with van der Waals surface area (Å²) in [6.07, 6.45) is 0. The number of fused-ring (bicyclic) bond motifs is 1. The van der Waals surface area contributed by atoms with Crippen molar-refractivity contribution < 1.29 is 14.6 Å². The van der Waals surface area contributed by atoms with E-state index in [2.05, 4.69) is 0 Å². The molecule has 0 saturated carbocycles. The van der Waals surface area contributed by atoms with E-state index >= 15 is 0 Å². The first-order valence-corrected chi connectivity index (χ1v) is 10.1. The second-order valence-electron chi connectivity index (χ2n) is 7.40. The van der Waals surface area contributed by atoms with Crippen LogP contribution in [0.5, 0.6) is 5.88 Å². The van der Waals surface area contributed by atoms with Crippen molar-refractivity contribution in [2.45, 2.75) is 6.54 Å². The molecular weight excluding hydrogens is 408 g/mol. The monoisotopic (exact) mass is 426 g/mol. The van der Waals surface area contributed by atoms with Crippen molar-refractivity contribution in [1.82, 2.24) is 4.57 Å². The molecule has 1 aliphatic heterocycles. The van der Waals surface area contributed by atoms with Crippen molar-refractivity contribution in [2.24, 2.45) is 0 Å². The zero-order valence-electron chi connectivity index (χ0n) is 16.9. The quantitative estimate of drug-likeness (QED) is 0.284. The summed E-state index contributed by atoms with van der Waals surface area (Å²) in [7, 11) is 0. The predicted molar refractivity (Wildman–Crippen MR) is 117 cm³/mol. The van der Waals surface area contributed by atoms with Crippen molar-refractivity contribution in [3.8, 4) is 22.7 Å². The van der Waals surface area contributed by atoms with Gasteiger partial charge in [-0.25, -0.2) is 14.3 Å². The van der Waals surface area contributed by atoms with Crippen LogP contribution in [0.2, 0.25) is 0 Å². The number of hydrogen-bond acceptors (Lipinski definition) is 5. The van der Waals surface area contributed by atoms with Crippen molar-refractivity contribution in [2.75, 3.05) is 11.4 Å². The van der Waals surface area contributed by atoms with Gasteiger partial charge in [0.25, 0.3) is 5.69 Å². The minimum atomic E-state index is -0.488. The van der Waals surface area contributed by atoms with E-state index in [0.717, 1.165) is 5.69 Å². The molecule has 8 heteroatoms. The maximum Gasteiger partial charge on any atom is 0.372 e. The fourth-order valence-corrected chi connectivity index (χ4v) is 4.07. The van der Waals surface area contributed by atoms with Gasteiger partial charge in [-0.2, -0.15) is 4.57 Å². The second kappa shape index (κ2) is 7.66. The maximum atomic E-state index is 13.7. The molecular formula is C24H18N4O4. The zero-order valence-corrected chi connectivity index (χ0v) is 16.9. The average molecular weight is 426 g/mol. The van der Waals surface area contributed by atoms with Crippen LogP contribution in [0.25, 0.3) is 16.8 Å². The molecule has 32 heavy (non-hydrogen) atoms. The molecule has 0 bridgehead atoms. The lowest BCUT2D eigenvalue weighted by Crippen LogP contribution is -2.43. The molecule has 0 unspecified atom stereocenters. The Bertz CT molecular complexity index is 1370. The van der Waals surface area contributed by atoms with Gasteiger partial charge in [0.2, 0.25) is 0 Å². The van der Waals surface area contributed by atoms with Crippen LogP contribution in [0, 0.1) is 10.1 Å². The van der Waals surface area contributed by atoms with Gasteiger partial charge in [-0.1, -0.05) is 48.5 Å². The van der Waals surface area contributed by atoms with Crippen LogP contribution in [0.4, 0.5) is 17.3 Å². The molecule has 3 aromatic carbocycles. The van der Waals surface area contributed by atoms with Crippen LogP contribution in [-0.4, -0.2) is 16.0 Å². The van der Waals surface area contributed by atoms with E-state index in [9.17, 15) is 20.0 Å². The highest BCUT2D eigenvalue weighted by atomic mass is 16.6. The van der Waals surface area contributed by atoms with Gasteiger partial charge < -0.3 is 5.11 Å². The van der Waals surface area contributed by atoms with Crippen LogP contribution in [0.15, 0.2) is 89.7 Å². The first-order valence-electron chi connectivity index (χ1n) is 10.1. The van der Waals surface area contributed by atoms with E-state index in [1.54, 1.807) is 28.8 Å². The Balaban J connectivity index is 1.81. The van der Waals surface area contributed by atoms with E-state index in [0.29, 0.717) is 30.3 Å². The fourth-order valence-electron chi connectivity index (χ4n) is 4.07. The van der Waals surface area contributed by atoms with Crippen LogP contribution >= 0.6 is 0 Å². The fraction of sp³-hybridized carbons (Fsp3) is 0.0833. The highest BCUT2D eigenvalue weighted by Crippen LogP contribution is 2.31. The summed E-state index contributed by atoms with van der Waals surface area (Å²) in [5, 5.41) is 24.5. The summed E-state index contributed by atoms with van der Waals surface area (Å²) in [5.74, 6) is 0.0764. The molecule has 0 radical (unpaired) electrons. The van der Waals surface area contributed by atoms with Crippen LogP contribution in [0.1, 0.15) is 0 Å². The van der Waals surface area contributed by atoms with Crippen molar-refractivity contribution in [3.63, 3.8) is 0 Å². The molecule has 1 aromatic heterocycles. The minimum absolute atomic E-state index is 0.0719. The van der Waals surface area contributed by atoms with Crippen LogP contribution < -0.4 is 20.1 Å². The molecule has 158 valence electrons. The highest BCUT2D eigenvalue weighted by Gasteiger charge is 2.36. The predicted octanol–water partition coefficient (Wildman–Crippen LogP) is 2.93. The number of anilines is 2. The van der Waals surface area contributed by atoms with Gasteiger partial charge in [0.05, 0.1) is 10.5 Å². The summed E-state index contributed by atoms with van der Waals surface area (Å²) >= 11 is 0. The number of nitrogens with zero attached hydrogens (tertiary/aromatic N) is 4. The van der Waals surface area contributed by atoms with Gasteiger partial charge in [0.15, 0.2) is 0 Å². The number of non-ortho nitro benzene ring substituents is 1. The van der Waals surface area contributed by atoms with Gasteiger partial charge in [0.1, 0.15) is 24.5 Å². The third kappa shape index (κ3) is 3.09. The van der Waals surface area contributed by atoms with Crippen molar-refractivity contribution in [3.05, 3.63) is 105 Å². The van der Waals surface area contributed by atoms with Gasteiger partial charge >= 0.3 is 11.5 Å². The lowest BCUT2D eigenvalue weighted by molar-refractivity contribution is -0.715. The molecule has 0 fully saturated rings. The minimum Gasteiger partial charge on any atom is -0.848 e. The summed E-state index contributed by atoms with van der Waals surface area (Å²) in [5.41, 5.74) is 1.36. The number of hydrogen-bond donors (Lipinski definition) is 0. The van der Waals surface area contributed by atoms with E-state index in [1.807, 2.05) is 41.3 Å². The third-order valence-corrected chi connectivity index (χ3v) is 5.56. The van der Waals surface area contributed by atoms with Gasteiger partial charge in [-0.3, -0.25) is 10.1 Å². The molecule has 0 spiro atoms. The van der Waals surface area contributed by atoms with E-state index < -0.39 is 10.5 Å². The smallest absolute Gasteiger partial charge is 0.372 e. The Morgan fingerprint density at radius 3 is 2.09 bits per heavy atom. The van der Waals surface area contributed by atoms with Gasteiger partial charge in [-0.05, 0) is 29.8 Å². The number of rotatable bonds is 4. The summed E-state index contributed by atoms with van der Waals surface area (Å²) in [6.45, 7) is 0.931. The second-order valence-corrected chi connectivity index (χ2v) is 7.40. The van der Waals surface area contributed by atoms with Crippen LogP contribution in [-0.2, 0) is 6.54 Å². The van der Waals surface area contributed by atoms with Crippen molar-refractivity contribution >= 4 is 17.3 Å². The Morgan fingerprint density at radius 1 is 0.844 bits per heavy atom. The van der Waals surface area contributed by atoms with Gasteiger partial charge in [-0.15, -0.1) is 0 Å². The zero-order chi connectivity index (χ0) is 22.2. The van der Waals surface area contributed by atoms with Crippen molar-refractivity contribution in [1.29, 1.82) is 0 Å². The standard InChI is InChI=1S/C24H18N4O4/c29-22-21(17-7-3-1-4-8-17)23(30)27(19-11-13-20(14-12-19)28(31)32)24-25(15-16-26(22)24)18-9-5-2-6-10-18/h1-14H,15-16H2. The number of nitro benzene ring substituents is 1. The molecule has 4 aromatic rings. The van der Waals surface area contributed by atoms with E-state index in [-0.39, 0.29) is 17.1 Å². The summed E-state index contributed by atoms with van der Waals surface area (Å²) in [6, 6.07) is 24.1. The summed E-state index contributed by atoms with van der Waals surface area (Å²) < 4.78 is 3.06. The highest BCUT2D eigenvalue weighted by molar-refractivity contribution is 5.68. The molecule has 0 saturated heterocycles. The largest absolute Gasteiger partial charge is 0.848 e. The maximum absolute atomic E-state index is 13.7. The number of benzene rings is 3. The normalized spacial score (nSPS) is 12.6. The Morgan fingerprint density at radius 2 is 1.47 bits per heavy atom. The molecule has 5 rings (SSSR count). The van der Waals surface area contributed by atoms with Crippen LogP contribution in [0.3, 0.4) is 0 Å². The number of para-hydroxylation sites is 1. The Kier molecular flexibility index (Phi) is 4.67. The average Bonchev–Trinajstić information content (AvgIpc) is 3.26. The van der Waals surface area contributed by atoms with E-state index in [1.165, 1.54) is 28.8 Å². The number of aromatic nitrogens is 2. The molecule has 8 nitrogen and oxygen atoms in total. The molecule has 0 aliphatic carbocycles. The molecule has 0 N–H and O–H groups in total. The first-order chi connectivity index (χ1) is 15.6. The topological polar surface area (TPSA) is 95.3 Å². The Labute approximate surface area is 183 Å². The first kappa shape index (κ1) is 19.5. The number of nitro groups is 1. The lowest BCUT2D eigenvalue weighted by atomic mass is 10.1. The molecule has 1 aliphatic rings. The third-order valence-electron chi connectivity index (χ3n) is 5.56. The SMILES string of the molecule is O=c1c(-c2ccccc2)c([O-])[n+]2c(n1-c1ccc([N+](=O)[O-])cc1)N(c1ccccc1)CC2. The molecule has 2 heterocycles.